The van der Waals surface area contributed by atoms with E-state index >= 15 is 0 Å². The summed E-state index contributed by atoms with van der Waals surface area (Å²) in [6.45, 7) is 3.24. The number of benzene rings is 2. The molecule has 1 aliphatic heterocycles. The third kappa shape index (κ3) is 4.82. The van der Waals surface area contributed by atoms with Crippen molar-refractivity contribution in [3.8, 4) is 17.6 Å². The Bertz CT molecular complexity index is 1090. The van der Waals surface area contributed by atoms with Crippen molar-refractivity contribution in [1.29, 1.82) is 5.26 Å². The molecular formula is C20H19BrN2O6S. The number of carbonyl (C=O) groups is 1. The summed E-state index contributed by atoms with van der Waals surface area (Å²) in [4.78, 5) is 12.7. The first-order chi connectivity index (χ1) is 14.4. The van der Waals surface area contributed by atoms with Crippen molar-refractivity contribution in [2.24, 2.45) is 0 Å². The lowest BCUT2D eigenvalue weighted by molar-refractivity contribution is 0.0723. The van der Waals surface area contributed by atoms with E-state index in [1.165, 1.54) is 40.7 Å². The summed E-state index contributed by atoms with van der Waals surface area (Å²) in [6, 6.07) is 10.7. The number of rotatable bonds is 6. The average Bonchev–Trinajstić information content (AvgIpc) is 2.76. The van der Waals surface area contributed by atoms with Gasteiger partial charge in [-0.2, -0.15) is 9.57 Å². The highest BCUT2D eigenvalue weighted by Gasteiger charge is 2.27. The highest BCUT2D eigenvalue weighted by Crippen LogP contribution is 2.37. The molecular weight excluding hydrogens is 476 g/mol. The van der Waals surface area contributed by atoms with Crippen LogP contribution in [0, 0.1) is 11.3 Å². The van der Waals surface area contributed by atoms with Crippen LogP contribution in [0.5, 0.6) is 11.5 Å². The number of nitrogens with zero attached hydrogens (tertiary/aromatic N) is 2. The predicted octanol–water partition coefficient (Wildman–Crippen LogP) is 2.96. The molecule has 0 unspecified atom stereocenters. The zero-order chi connectivity index (χ0) is 21.7. The molecule has 0 amide bonds. The third-order valence-corrected chi connectivity index (χ3v) is 6.79. The maximum Gasteiger partial charge on any atom is 0.343 e. The molecule has 1 aliphatic rings. The Morgan fingerprint density at radius 3 is 2.67 bits per heavy atom. The van der Waals surface area contributed by atoms with Crippen LogP contribution in [0.1, 0.15) is 22.8 Å². The lowest BCUT2D eigenvalue weighted by Gasteiger charge is -2.26. The van der Waals surface area contributed by atoms with Crippen LogP contribution in [0.4, 0.5) is 0 Å². The molecule has 1 heterocycles. The van der Waals surface area contributed by atoms with Gasteiger partial charge in [0, 0.05) is 19.2 Å². The molecule has 158 valence electrons. The first-order valence-electron chi connectivity index (χ1n) is 9.13. The lowest BCUT2D eigenvalue weighted by Crippen LogP contribution is -2.40. The summed E-state index contributed by atoms with van der Waals surface area (Å²) in [7, 11) is -3.75. The first-order valence-corrected chi connectivity index (χ1v) is 11.4. The third-order valence-electron chi connectivity index (χ3n) is 4.31. The summed E-state index contributed by atoms with van der Waals surface area (Å²) < 4.78 is 43.5. The monoisotopic (exact) mass is 494 g/mol. The molecule has 0 bridgehead atoms. The minimum absolute atomic E-state index is 0.00257. The van der Waals surface area contributed by atoms with Crippen LogP contribution in [-0.2, 0) is 14.8 Å². The summed E-state index contributed by atoms with van der Waals surface area (Å²) in [5, 5.41) is 9.12. The van der Waals surface area contributed by atoms with Crippen molar-refractivity contribution in [3.63, 3.8) is 0 Å². The normalized spacial score (nSPS) is 14.7. The van der Waals surface area contributed by atoms with Gasteiger partial charge in [-0.3, -0.25) is 0 Å². The molecule has 1 saturated heterocycles. The van der Waals surface area contributed by atoms with Crippen molar-refractivity contribution < 1.29 is 27.4 Å². The second-order valence-corrected chi connectivity index (χ2v) is 9.06. The summed E-state index contributed by atoms with van der Waals surface area (Å²) in [5.74, 6) is -0.406. The topological polar surface area (TPSA) is 106 Å². The molecule has 1 fully saturated rings. The van der Waals surface area contributed by atoms with Crippen LogP contribution in [0.25, 0.3) is 0 Å². The fourth-order valence-electron chi connectivity index (χ4n) is 2.87. The van der Waals surface area contributed by atoms with E-state index in [9.17, 15) is 13.2 Å². The van der Waals surface area contributed by atoms with Gasteiger partial charge in [0.15, 0.2) is 11.5 Å². The molecule has 0 radical (unpaired) electrons. The standard InChI is InChI=1S/C20H19BrN2O6S/c1-2-28-18-11-14(13-22)10-17(21)19(18)29-20(24)15-4-3-5-16(12-15)30(25,26)23-6-8-27-9-7-23/h3-5,10-12H,2,6-9H2,1H3. The van der Waals surface area contributed by atoms with E-state index in [-0.39, 0.29) is 35.0 Å². The van der Waals surface area contributed by atoms with Crippen LogP contribution in [0.3, 0.4) is 0 Å². The number of hydrogen-bond donors (Lipinski definition) is 0. The minimum atomic E-state index is -3.75. The summed E-state index contributed by atoms with van der Waals surface area (Å²) in [6.07, 6.45) is 0. The van der Waals surface area contributed by atoms with Gasteiger partial charge < -0.3 is 14.2 Å². The smallest absolute Gasteiger partial charge is 0.343 e. The van der Waals surface area contributed by atoms with E-state index in [0.717, 1.165) is 0 Å². The van der Waals surface area contributed by atoms with Crippen LogP contribution < -0.4 is 9.47 Å². The van der Waals surface area contributed by atoms with Crippen LogP contribution in [0.2, 0.25) is 0 Å². The Kier molecular flexibility index (Phi) is 7.10. The highest BCUT2D eigenvalue weighted by atomic mass is 79.9. The molecule has 2 aromatic rings. The molecule has 0 spiro atoms. The van der Waals surface area contributed by atoms with E-state index in [1.807, 2.05) is 6.07 Å². The Morgan fingerprint density at radius 1 is 1.27 bits per heavy atom. The number of carbonyl (C=O) groups excluding carboxylic acids is 1. The Balaban J connectivity index is 1.89. The van der Waals surface area contributed by atoms with Crippen molar-refractivity contribution in [3.05, 3.63) is 52.0 Å². The molecule has 30 heavy (non-hydrogen) atoms. The number of nitriles is 1. The van der Waals surface area contributed by atoms with Crippen molar-refractivity contribution >= 4 is 31.9 Å². The lowest BCUT2D eigenvalue weighted by atomic mass is 10.2. The van der Waals surface area contributed by atoms with Gasteiger partial charge in [-0.25, -0.2) is 13.2 Å². The molecule has 8 nitrogen and oxygen atoms in total. The maximum absolute atomic E-state index is 12.8. The molecule has 0 aromatic heterocycles. The van der Waals surface area contributed by atoms with Crippen molar-refractivity contribution in [2.45, 2.75) is 11.8 Å². The van der Waals surface area contributed by atoms with Crippen molar-refractivity contribution in [1.82, 2.24) is 4.31 Å². The molecule has 0 saturated carbocycles. The second-order valence-electron chi connectivity index (χ2n) is 6.26. The Morgan fingerprint density at radius 2 is 2.00 bits per heavy atom. The largest absolute Gasteiger partial charge is 0.490 e. The molecule has 10 heteroatoms. The predicted molar refractivity (Wildman–Crippen MR) is 111 cm³/mol. The zero-order valence-corrected chi connectivity index (χ0v) is 18.5. The quantitative estimate of drug-likeness (QED) is 0.448. The fourth-order valence-corrected chi connectivity index (χ4v) is 4.84. The van der Waals surface area contributed by atoms with Gasteiger partial charge in [-0.1, -0.05) is 6.07 Å². The van der Waals surface area contributed by atoms with Crippen LogP contribution >= 0.6 is 15.9 Å². The van der Waals surface area contributed by atoms with Gasteiger partial charge in [0.2, 0.25) is 10.0 Å². The van der Waals surface area contributed by atoms with Gasteiger partial charge in [0.1, 0.15) is 0 Å². The average molecular weight is 495 g/mol. The molecule has 3 rings (SSSR count). The van der Waals surface area contributed by atoms with Gasteiger partial charge in [-0.15, -0.1) is 0 Å². The van der Waals surface area contributed by atoms with Gasteiger partial charge in [0.25, 0.3) is 0 Å². The minimum Gasteiger partial charge on any atom is -0.490 e. The summed E-state index contributed by atoms with van der Waals surface area (Å²) in [5.41, 5.74) is 0.409. The first kappa shape index (κ1) is 22.2. The van der Waals surface area contributed by atoms with Crippen molar-refractivity contribution in [2.75, 3.05) is 32.9 Å². The number of hydrogen-bond acceptors (Lipinski definition) is 7. The van der Waals surface area contributed by atoms with E-state index < -0.39 is 16.0 Å². The van der Waals surface area contributed by atoms with E-state index in [4.69, 9.17) is 19.5 Å². The second kappa shape index (κ2) is 9.57. The maximum atomic E-state index is 12.8. The molecule has 0 N–H and O–H groups in total. The number of morpholine rings is 1. The number of esters is 1. The Hall–Kier alpha value is -2.45. The summed E-state index contributed by atoms with van der Waals surface area (Å²) >= 11 is 3.29. The van der Waals surface area contributed by atoms with E-state index in [1.54, 1.807) is 6.92 Å². The molecule has 0 atom stereocenters. The SMILES string of the molecule is CCOc1cc(C#N)cc(Br)c1OC(=O)c1cccc(S(=O)(=O)N2CCOCC2)c1. The van der Waals surface area contributed by atoms with Gasteiger partial charge in [-0.05, 0) is 47.1 Å². The van der Waals surface area contributed by atoms with E-state index in [0.29, 0.717) is 29.9 Å². The highest BCUT2D eigenvalue weighted by molar-refractivity contribution is 9.10. The number of sulfonamides is 1. The fraction of sp³-hybridized carbons (Fsp3) is 0.300. The van der Waals surface area contributed by atoms with Gasteiger partial charge >= 0.3 is 5.97 Å². The molecule has 0 aliphatic carbocycles. The van der Waals surface area contributed by atoms with Crippen LogP contribution in [0.15, 0.2) is 45.8 Å². The Labute approximate surface area is 183 Å². The zero-order valence-electron chi connectivity index (χ0n) is 16.1. The van der Waals surface area contributed by atoms with Gasteiger partial charge in [0.05, 0.1) is 46.4 Å². The number of halogens is 1. The van der Waals surface area contributed by atoms with E-state index in [2.05, 4.69) is 15.9 Å². The number of ether oxygens (including phenoxy) is 3. The van der Waals surface area contributed by atoms with Crippen LogP contribution in [-0.4, -0.2) is 51.6 Å². The molecule has 2 aromatic carbocycles.